The monoisotopic (exact) mass is 242 g/mol. The lowest BCUT2D eigenvalue weighted by atomic mass is 10.1. The summed E-state index contributed by atoms with van der Waals surface area (Å²) in [5.41, 5.74) is 12.5. The molecule has 0 saturated heterocycles. The predicted molar refractivity (Wildman–Crippen MR) is 71.7 cm³/mol. The molecule has 0 atom stereocenters. The van der Waals surface area contributed by atoms with Crippen LogP contribution in [0.4, 0.5) is 5.82 Å². The quantitative estimate of drug-likeness (QED) is 0.633. The van der Waals surface area contributed by atoms with Crippen LogP contribution in [0.2, 0.25) is 0 Å². The van der Waals surface area contributed by atoms with Gasteiger partial charge in [0.25, 0.3) is 0 Å². The lowest BCUT2D eigenvalue weighted by Gasteiger charge is -2.07. The van der Waals surface area contributed by atoms with E-state index in [0.29, 0.717) is 5.82 Å². The van der Waals surface area contributed by atoms with Gasteiger partial charge in [-0.15, -0.1) is 0 Å². The number of guanidine groups is 1. The zero-order chi connectivity index (χ0) is 13.0. The highest BCUT2D eigenvalue weighted by Gasteiger charge is 2.04. The molecule has 92 valence electrons. The Kier molecular flexibility index (Phi) is 3.43. The van der Waals surface area contributed by atoms with E-state index in [1.54, 1.807) is 19.4 Å². The molecule has 0 saturated carbocycles. The van der Waals surface area contributed by atoms with Gasteiger partial charge in [0.05, 0.1) is 7.11 Å². The number of hydrogen-bond acceptors (Lipinski definition) is 3. The Labute approximate surface area is 105 Å². The molecule has 0 spiro atoms. The van der Waals surface area contributed by atoms with Crippen LogP contribution in [0.3, 0.4) is 0 Å². The third-order valence-corrected chi connectivity index (χ3v) is 2.41. The maximum atomic E-state index is 5.30. The van der Waals surface area contributed by atoms with Crippen LogP contribution in [0.5, 0.6) is 5.75 Å². The summed E-state index contributed by atoms with van der Waals surface area (Å²) < 4.78 is 5.30. The van der Waals surface area contributed by atoms with Gasteiger partial charge < -0.3 is 16.2 Å². The molecule has 0 bridgehead atoms. The summed E-state index contributed by atoms with van der Waals surface area (Å²) in [6, 6.07) is 11.4. The molecule has 1 heterocycles. The smallest absolute Gasteiger partial charge is 0.192 e. The van der Waals surface area contributed by atoms with Gasteiger partial charge in [0.15, 0.2) is 11.8 Å². The Balaban J connectivity index is 2.37. The van der Waals surface area contributed by atoms with E-state index >= 15 is 0 Å². The van der Waals surface area contributed by atoms with Gasteiger partial charge in [-0.3, -0.25) is 0 Å². The molecule has 0 aliphatic heterocycles. The first-order valence-corrected chi connectivity index (χ1v) is 5.40. The molecule has 18 heavy (non-hydrogen) atoms. The summed E-state index contributed by atoms with van der Waals surface area (Å²) >= 11 is 0. The van der Waals surface area contributed by atoms with Crippen LogP contribution < -0.4 is 16.2 Å². The fourth-order valence-corrected chi connectivity index (χ4v) is 1.63. The Hall–Kier alpha value is -2.56. The van der Waals surface area contributed by atoms with Crippen LogP contribution in [-0.4, -0.2) is 18.1 Å². The zero-order valence-corrected chi connectivity index (χ0v) is 10.00. The number of aromatic nitrogens is 1. The predicted octanol–water partition coefficient (Wildman–Crippen LogP) is 1.66. The van der Waals surface area contributed by atoms with Crippen molar-refractivity contribution in [2.45, 2.75) is 0 Å². The molecule has 0 unspecified atom stereocenters. The van der Waals surface area contributed by atoms with Crippen LogP contribution in [-0.2, 0) is 0 Å². The number of aliphatic imine (C=N–C) groups is 1. The zero-order valence-electron chi connectivity index (χ0n) is 10.00. The van der Waals surface area contributed by atoms with E-state index in [1.807, 2.05) is 30.3 Å². The van der Waals surface area contributed by atoms with E-state index in [-0.39, 0.29) is 5.96 Å². The highest BCUT2D eigenvalue weighted by molar-refractivity contribution is 5.78. The van der Waals surface area contributed by atoms with E-state index in [1.165, 1.54) is 0 Å². The van der Waals surface area contributed by atoms with Crippen molar-refractivity contribution in [2.24, 2.45) is 16.5 Å². The van der Waals surface area contributed by atoms with E-state index in [2.05, 4.69) is 9.98 Å². The lowest BCUT2D eigenvalue weighted by Crippen LogP contribution is -2.22. The molecule has 0 aliphatic rings. The highest BCUT2D eigenvalue weighted by Crippen LogP contribution is 2.29. The Morgan fingerprint density at radius 2 is 1.94 bits per heavy atom. The van der Waals surface area contributed by atoms with Gasteiger partial charge in [0.2, 0.25) is 0 Å². The minimum atomic E-state index is -0.00691. The second-order valence-corrected chi connectivity index (χ2v) is 3.64. The number of para-hydroxylation sites is 1. The first-order chi connectivity index (χ1) is 8.70. The van der Waals surface area contributed by atoms with Gasteiger partial charge in [-0.2, -0.15) is 4.99 Å². The van der Waals surface area contributed by atoms with Gasteiger partial charge in [0.1, 0.15) is 5.75 Å². The van der Waals surface area contributed by atoms with Crippen molar-refractivity contribution in [3.63, 3.8) is 0 Å². The molecule has 5 nitrogen and oxygen atoms in total. The van der Waals surface area contributed by atoms with Crippen LogP contribution in [0.15, 0.2) is 47.6 Å². The van der Waals surface area contributed by atoms with E-state index in [0.717, 1.165) is 16.9 Å². The molecular weight excluding hydrogens is 228 g/mol. The number of nitrogens with two attached hydrogens (primary N) is 2. The average Bonchev–Trinajstić information content (AvgIpc) is 2.39. The summed E-state index contributed by atoms with van der Waals surface area (Å²) in [7, 11) is 1.64. The van der Waals surface area contributed by atoms with E-state index < -0.39 is 0 Å². The Bertz CT molecular complexity index is 559. The number of pyridine rings is 1. The maximum Gasteiger partial charge on any atom is 0.192 e. The standard InChI is InChI=1S/C13H14N4O/c1-18-11-5-3-2-4-10(11)9-6-7-12(16-8-9)17-13(14)15/h2-8H,1H3,(H4,14,15,16,17). The first kappa shape index (κ1) is 11.9. The van der Waals surface area contributed by atoms with Crippen molar-refractivity contribution in [2.75, 3.05) is 7.11 Å². The highest BCUT2D eigenvalue weighted by atomic mass is 16.5. The fourth-order valence-electron chi connectivity index (χ4n) is 1.63. The molecule has 0 radical (unpaired) electrons. The third-order valence-electron chi connectivity index (χ3n) is 2.41. The van der Waals surface area contributed by atoms with E-state index in [4.69, 9.17) is 16.2 Å². The minimum absolute atomic E-state index is 0.00691. The minimum Gasteiger partial charge on any atom is -0.496 e. The van der Waals surface area contributed by atoms with Crippen molar-refractivity contribution < 1.29 is 4.74 Å². The molecule has 0 fully saturated rings. The molecule has 0 amide bonds. The molecule has 2 rings (SSSR count). The molecule has 4 N–H and O–H groups in total. The van der Waals surface area contributed by atoms with Crippen LogP contribution in [0.25, 0.3) is 11.1 Å². The average molecular weight is 242 g/mol. The van der Waals surface area contributed by atoms with Gasteiger partial charge in [-0.1, -0.05) is 18.2 Å². The second-order valence-electron chi connectivity index (χ2n) is 3.64. The summed E-state index contributed by atoms with van der Waals surface area (Å²) in [5, 5.41) is 0. The molecule has 1 aromatic carbocycles. The number of benzene rings is 1. The lowest BCUT2D eigenvalue weighted by molar-refractivity contribution is 0.416. The molecule has 0 aliphatic carbocycles. The number of ether oxygens (including phenoxy) is 1. The topological polar surface area (TPSA) is 86.5 Å². The maximum absolute atomic E-state index is 5.30. The summed E-state index contributed by atoms with van der Waals surface area (Å²) in [5.74, 6) is 1.27. The van der Waals surface area contributed by atoms with Gasteiger partial charge in [-0.25, -0.2) is 4.98 Å². The number of rotatable bonds is 3. The normalized spacial score (nSPS) is 9.83. The summed E-state index contributed by atoms with van der Waals surface area (Å²) in [6.07, 6.45) is 1.71. The van der Waals surface area contributed by atoms with Crippen molar-refractivity contribution in [3.8, 4) is 16.9 Å². The SMILES string of the molecule is COc1ccccc1-c1ccc(N=C(N)N)nc1. The Morgan fingerprint density at radius 1 is 1.17 bits per heavy atom. The third kappa shape index (κ3) is 2.57. The van der Waals surface area contributed by atoms with E-state index in [9.17, 15) is 0 Å². The molecule has 1 aromatic heterocycles. The Morgan fingerprint density at radius 3 is 2.56 bits per heavy atom. The molecule has 5 heteroatoms. The number of methoxy groups -OCH3 is 1. The van der Waals surface area contributed by atoms with Crippen molar-refractivity contribution in [3.05, 3.63) is 42.6 Å². The fraction of sp³-hybridized carbons (Fsp3) is 0.0769. The van der Waals surface area contributed by atoms with Crippen LogP contribution >= 0.6 is 0 Å². The molecular formula is C13H14N4O. The number of nitrogens with zero attached hydrogens (tertiary/aromatic N) is 2. The number of hydrogen-bond donors (Lipinski definition) is 2. The van der Waals surface area contributed by atoms with Crippen molar-refractivity contribution in [1.82, 2.24) is 4.98 Å². The van der Waals surface area contributed by atoms with Crippen LogP contribution in [0.1, 0.15) is 0 Å². The van der Waals surface area contributed by atoms with Gasteiger partial charge >= 0.3 is 0 Å². The molecule has 2 aromatic rings. The van der Waals surface area contributed by atoms with Gasteiger partial charge in [-0.05, 0) is 18.2 Å². The largest absolute Gasteiger partial charge is 0.496 e. The van der Waals surface area contributed by atoms with Crippen molar-refractivity contribution in [1.29, 1.82) is 0 Å². The first-order valence-electron chi connectivity index (χ1n) is 5.40. The van der Waals surface area contributed by atoms with Crippen molar-refractivity contribution >= 4 is 11.8 Å². The van der Waals surface area contributed by atoms with Gasteiger partial charge in [0, 0.05) is 17.3 Å². The second kappa shape index (κ2) is 5.18. The summed E-state index contributed by atoms with van der Waals surface area (Å²) in [6.45, 7) is 0. The summed E-state index contributed by atoms with van der Waals surface area (Å²) in [4.78, 5) is 8.03. The van der Waals surface area contributed by atoms with Crippen LogP contribution in [0, 0.1) is 0 Å².